The summed E-state index contributed by atoms with van der Waals surface area (Å²) >= 11 is 0. The second-order valence-corrected chi connectivity index (χ2v) is 10.6. The van der Waals surface area contributed by atoms with Crippen molar-refractivity contribution in [2.45, 2.75) is 108 Å². The maximum Gasteiger partial charge on any atom is 0.408 e. The van der Waals surface area contributed by atoms with E-state index in [1.54, 1.807) is 25.7 Å². The summed E-state index contributed by atoms with van der Waals surface area (Å²) in [5.41, 5.74) is 1.85. The van der Waals surface area contributed by atoms with E-state index in [1.807, 2.05) is 12.1 Å². The first-order valence-electron chi connectivity index (χ1n) is 12.4. The summed E-state index contributed by atoms with van der Waals surface area (Å²) in [5, 5.41) is 6.02. The fourth-order valence-corrected chi connectivity index (χ4v) is 5.54. The van der Waals surface area contributed by atoms with Crippen LogP contribution in [0.5, 0.6) is 0 Å². The van der Waals surface area contributed by atoms with Gasteiger partial charge in [0.1, 0.15) is 17.7 Å². The number of hydrogen-bond donors (Lipinski definition) is 2. The van der Waals surface area contributed by atoms with Crippen LogP contribution in [0.2, 0.25) is 0 Å². The number of nitrogens with zero attached hydrogens (tertiary/aromatic N) is 1. The molecule has 0 unspecified atom stereocenters. The van der Waals surface area contributed by atoms with Gasteiger partial charge < -0.3 is 20.3 Å². The first kappa shape index (κ1) is 23.6. The molecule has 2 fully saturated rings. The first-order valence-corrected chi connectivity index (χ1v) is 12.4. The third-order valence-corrected chi connectivity index (χ3v) is 7.01. The maximum absolute atomic E-state index is 13.6. The van der Waals surface area contributed by atoms with Crippen LogP contribution in [0.25, 0.3) is 0 Å². The number of carbonyl (C=O) groups excluding carboxylic acids is 3. The Morgan fingerprint density at radius 2 is 1.67 bits per heavy atom. The molecule has 3 amide bonds. The number of aryl methyl sites for hydroxylation is 1. The van der Waals surface area contributed by atoms with E-state index >= 15 is 0 Å². The molecule has 0 radical (unpaired) electrons. The fourth-order valence-electron chi connectivity index (χ4n) is 5.54. The van der Waals surface area contributed by atoms with Gasteiger partial charge >= 0.3 is 6.09 Å². The van der Waals surface area contributed by atoms with Gasteiger partial charge in [-0.25, -0.2) is 4.79 Å². The minimum Gasteiger partial charge on any atom is -0.444 e. The number of nitrogens with one attached hydrogen (secondary N) is 2. The number of hydrogen-bond acceptors (Lipinski definition) is 4. The highest BCUT2D eigenvalue weighted by atomic mass is 16.6. The largest absolute Gasteiger partial charge is 0.444 e. The summed E-state index contributed by atoms with van der Waals surface area (Å²) in [6.07, 6.45) is 7.20. The lowest BCUT2D eigenvalue weighted by molar-refractivity contribution is -0.143. The summed E-state index contributed by atoms with van der Waals surface area (Å²) in [6.45, 7) is 5.40. The standard InChI is InChI=1S/C26H37N3O4/c1-26(2,3)33-25(32)28-21-13-7-5-11-18-15-16-22(29(18)24(21)31)23(30)27-20-14-8-10-17-9-4-6-12-19(17)20/h4,6,9,12,18,20-22H,5,7-8,10-11,13-16H2,1-3H3,(H,27,30)(H,28,32)/t18-,20+,21-,22-/m0/s1. The van der Waals surface area contributed by atoms with Gasteiger partial charge in [-0.1, -0.05) is 37.1 Å². The molecule has 33 heavy (non-hydrogen) atoms. The lowest BCUT2D eigenvalue weighted by Gasteiger charge is -2.36. The molecule has 0 aromatic heterocycles. The lowest BCUT2D eigenvalue weighted by atomic mass is 9.87. The zero-order chi connectivity index (χ0) is 23.6. The molecule has 2 heterocycles. The van der Waals surface area contributed by atoms with E-state index < -0.39 is 23.8 Å². The van der Waals surface area contributed by atoms with Crippen molar-refractivity contribution in [1.82, 2.24) is 15.5 Å². The van der Waals surface area contributed by atoms with Gasteiger partial charge in [-0.2, -0.15) is 0 Å². The minimum atomic E-state index is -0.661. The van der Waals surface area contributed by atoms with E-state index in [0.717, 1.165) is 44.9 Å². The van der Waals surface area contributed by atoms with Gasteiger partial charge in [0.15, 0.2) is 0 Å². The Kier molecular flexibility index (Phi) is 6.96. The van der Waals surface area contributed by atoms with Crippen molar-refractivity contribution in [3.63, 3.8) is 0 Å². The van der Waals surface area contributed by atoms with E-state index in [4.69, 9.17) is 4.74 Å². The summed E-state index contributed by atoms with van der Waals surface area (Å²) in [6, 6.07) is 7.18. The van der Waals surface area contributed by atoms with Crippen LogP contribution in [-0.4, -0.2) is 46.5 Å². The van der Waals surface area contributed by atoms with Gasteiger partial charge in [0.25, 0.3) is 0 Å². The summed E-state index contributed by atoms with van der Waals surface area (Å²) in [4.78, 5) is 41.1. The molecule has 3 aliphatic rings. The van der Waals surface area contributed by atoms with Crippen molar-refractivity contribution in [1.29, 1.82) is 0 Å². The van der Waals surface area contributed by atoms with Gasteiger partial charge in [-0.15, -0.1) is 0 Å². The van der Waals surface area contributed by atoms with Crippen LogP contribution < -0.4 is 10.6 Å². The Labute approximate surface area is 196 Å². The van der Waals surface area contributed by atoms with Gasteiger partial charge in [0.2, 0.25) is 11.8 Å². The van der Waals surface area contributed by atoms with E-state index in [0.29, 0.717) is 12.8 Å². The Morgan fingerprint density at radius 1 is 0.939 bits per heavy atom. The summed E-state index contributed by atoms with van der Waals surface area (Å²) in [5.74, 6) is -0.239. The van der Waals surface area contributed by atoms with Crippen LogP contribution in [0.3, 0.4) is 0 Å². The molecule has 0 spiro atoms. The van der Waals surface area contributed by atoms with E-state index in [1.165, 1.54) is 11.1 Å². The Morgan fingerprint density at radius 3 is 2.45 bits per heavy atom. The van der Waals surface area contributed by atoms with Crippen LogP contribution in [0.15, 0.2) is 24.3 Å². The SMILES string of the molecule is CC(C)(C)OC(=O)N[C@H]1CCCC[C@H]2CC[C@@H](C(=O)N[C@@H]3CCCc4ccccc43)N2C1=O. The monoisotopic (exact) mass is 455 g/mol. The van der Waals surface area contributed by atoms with Crippen molar-refractivity contribution < 1.29 is 19.1 Å². The average molecular weight is 456 g/mol. The second-order valence-electron chi connectivity index (χ2n) is 10.6. The van der Waals surface area contributed by atoms with Crippen molar-refractivity contribution in [2.75, 3.05) is 0 Å². The van der Waals surface area contributed by atoms with Crippen molar-refractivity contribution >= 4 is 17.9 Å². The molecule has 4 rings (SSSR count). The number of fused-ring (bicyclic) bond motifs is 2. The highest BCUT2D eigenvalue weighted by Gasteiger charge is 2.44. The summed E-state index contributed by atoms with van der Waals surface area (Å²) in [7, 11) is 0. The van der Waals surface area contributed by atoms with Crippen LogP contribution >= 0.6 is 0 Å². The molecular formula is C26H37N3O4. The number of benzene rings is 1. The average Bonchev–Trinajstić information content (AvgIpc) is 3.17. The van der Waals surface area contributed by atoms with Crippen LogP contribution in [0.1, 0.15) is 89.3 Å². The third-order valence-electron chi connectivity index (χ3n) is 7.01. The van der Waals surface area contributed by atoms with E-state index in [-0.39, 0.29) is 23.9 Å². The van der Waals surface area contributed by atoms with Crippen molar-refractivity contribution in [2.24, 2.45) is 0 Å². The van der Waals surface area contributed by atoms with Crippen molar-refractivity contribution in [3.05, 3.63) is 35.4 Å². The quantitative estimate of drug-likeness (QED) is 0.721. The van der Waals surface area contributed by atoms with Gasteiger partial charge in [0.05, 0.1) is 6.04 Å². The molecule has 7 heteroatoms. The van der Waals surface area contributed by atoms with Gasteiger partial charge in [-0.3, -0.25) is 9.59 Å². The minimum absolute atomic E-state index is 0.0120. The van der Waals surface area contributed by atoms with Gasteiger partial charge in [-0.05, 0) is 76.8 Å². The number of alkyl carbamates (subject to hydrolysis) is 1. The molecule has 1 aromatic rings. The molecule has 2 aliphatic heterocycles. The first-order chi connectivity index (χ1) is 15.7. The predicted molar refractivity (Wildman–Crippen MR) is 126 cm³/mol. The van der Waals surface area contributed by atoms with E-state index in [2.05, 4.69) is 22.8 Å². The Bertz CT molecular complexity index is 894. The molecule has 7 nitrogen and oxygen atoms in total. The van der Waals surface area contributed by atoms with Crippen LogP contribution in [-0.2, 0) is 20.7 Å². The smallest absolute Gasteiger partial charge is 0.408 e. The number of rotatable bonds is 3. The number of amides is 3. The molecule has 2 N–H and O–H groups in total. The Hall–Kier alpha value is -2.57. The van der Waals surface area contributed by atoms with E-state index in [9.17, 15) is 14.4 Å². The molecule has 180 valence electrons. The maximum atomic E-state index is 13.6. The van der Waals surface area contributed by atoms with Crippen LogP contribution in [0.4, 0.5) is 4.79 Å². The van der Waals surface area contributed by atoms with Crippen molar-refractivity contribution in [3.8, 4) is 0 Å². The normalized spacial score (nSPS) is 27.6. The Balaban J connectivity index is 1.48. The fraction of sp³-hybridized carbons (Fsp3) is 0.654. The molecule has 0 saturated carbocycles. The predicted octanol–water partition coefficient (Wildman–Crippen LogP) is 4.01. The third kappa shape index (κ3) is 5.50. The molecule has 1 aliphatic carbocycles. The molecule has 1 aromatic carbocycles. The topological polar surface area (TPSA) is 87.7 Å². The molecule has 4 atom stereocenters. The lowest BCUT2D eigenvalue weighted by Crippen LogP contribution is -2.57. The summed E-state index contributed by atoms with van der Waals surface area (Å²) < 4.78 is 5.38. The number of carbonyl (C=O) groups is 3. The van der Waals surface area contributed by atoms with Gasteiger partial charge in [0, 0.05) is 6.04 Å². The zero-order valence-electron chi connectivity index (χ0n) is 20.1. The highest BCUT2D eigenvalue weighted by Crippen LogP contribution is 2.33. The molecular weight excluding hydrogens is 418 g/mol. The molecule has 0 bridgehead atoms. The molecule has 2 saturated heterocycles. The second kappa shape index (κ2) is 9.74. The van der Waals surface area contributed by atoms with Crippen LogP contribution in [0, 0.1) is 0 Å². The zero-order valence-corrected chi connectivity index (χ0v) is 20.1. The number of ether oxygens (including phenoxy) is 1. The highest BCUT2D eigenvalue weighted by molar-refractivity contribution is 5.92.